The maximum absolute atomic E-state index is 12.6. The third-order valence-electron chi connectivity index (χ3n) is 2.02. The van der Waals surface area contributed by atoms with Crippen molar-refractivity contribution >= 4 is 17.4 Å². The Labute approximate surface area is 96.5 Å². The highest BCUT2D eigenvalue weighted by atomic mass is 19.1. The summed E-state index contributed by atoms with van der Waals surface area (Å²) in [5.41, 5.74) is 5.97. The second-order valence-corrected chi connectivity index (χ2v) is 3.30. The van der Waals surface area contributed by atoms with E-state index in [-0.39, 0.29) is 17.3 Å². The third kappa shape index (κ3) is 2.75. The Morgan fingerprint density at radius 1 is 1.12 bits per heavy atom. The SMILES string of the molecule is Nc1ccc(C(=O)Nc2ccc(F)cc2)nn1. The van der Waals surface area contributed by atoms with Crippen LogP contribution in [0.2, 0.25) is 0 Å². The third-order valence-corrected chi connectivity index (χ3v) is 2.02. The monoisotopic (exact) mass is 232 g/mol. The summed E-state index contributed by atoms with van der Waals surface area (Å²) in [7, 11) is 0. The molecular weight excluding hydrogens is 223 g/mol. The average molecular weight is 232 g/mol. The maximum Gasteiger partial charge on any atom is 0.276 e. The van der Waals surface area contributed by atoms with Crippen molar-refractivity contribution in [3.8, 4) is 0 Å². The van der Waals surface area contributed by atoms with E-state index in [0.717, 1.165) is 0 Å². The van der Waals surface area contributed by atoms with Gasteiger partial charge in [-0.1, -0.05) is 0 Å². The molecule has 0 saturated carbocycles. The predicted octanol–water partition coefficient (Wildman–Crippen LogP) is 1.45. The largest absolute Gasteiger partial charge is 0.382 e. The Kier molecular flexibility index (Phi) is 2.95. The molecule has 1 amide bonds. The highest BCUT2D eigenvalue weighted by molar-refractivity contribution is 6.02. The number of hydrogen-bond acceptors (Lipinski definition) is 4. The standard InChI is InChI=1S/C11H9FN4O/c12-7-1-3-8(4-2-7)14-11(17)9-5-6-10(13)16-15-9/h1-6H,(H2,13,16)(H,14,17). The van der Waals surface area contributed by atoms with E-state index >= 15 is 0 Å². The maximum atomic E-state index is 12.6. The first-order chi connectivity index (χ1) is 8.15. The highest BCUT2D eigenvalue weighted by Gasteiger charge is 2.07. The molecule has 6 heteroatoms. The van der Waals surface area contributed by atoms with E-state index in [1.165, 1.54) is 36.4 Å². The van der Waals surface area contributed by atoms with Gasteiger partial charge >= 0.3 is 0 Å². The molecule has 17 heavy (non-hydrogen) atoms. The molecule has 3 N–H and O–H groups in total. The number of nitrogens with two attached hydrogens (primary N) is 1. The van der Waals surface area contributed by atoms with Crippen LogP contribution in [-0.4, -0.2) is 16.1 Å². The molecule has 2 aromatic rings. The first kappa shape index (κ1) is 11.0. The molecule has 1 heterocycles. The van der Waals surface area contributed by atoms with Crippen LogP contribution in [0, 0.1) is 5.82 Å². The van der Waals surface area contributed by atoms with Gasteiger partial charge in [0.1, 0.15) is 11.6 Å². The summed E-state index contributed by atoms with van der Waals surface area (Å²) < 4.78 is 12.6. The molecule has 5 nitrogen and oxygen atoms in total. The van der Waals surface area contributed by atoms with Gasteiger partial charge in [-0.25, -0.2) is 4.39 Å². The van der Waals surface area contributed by atoms with Gasteiger partial charge in [-0.2, -0.15) is 0 Å². The minimum absolute atomic E-state index is 0.142. The van der Waals surface area contributed by atoms with Crippen LogP contribution >= 0.6 is 0 Å². The normalized spacial score (nSPS) is 9.94. The van der Waals surface area contributed by atoms with Crippen LogP contribution < -0.4 is 11.1 Å². The summed E-state index contributed by atoms with van der Waals surface area (Å²) in [6, 6.07) is 8.36. The molecule has 0 unspecified atom stereocenters. The summed E-state index contributed by atoms with van der Waals surface area (Å²) in [5.74, 6) is -0.553. The van der Waals surface area contributed by atoms with Crippen molar-refractivity contribution in [1.29, 1.82) is 0 Å². The van der Waals surface area contributed by atoms with Crippen LogP contribution in [0.5, 0.6) is 0 Å². The minimum Gasteiger partial charge on any atom is -0.382 e. The molecule has 0 spiro atoms. The van der Waals surface area contributed by atoms with Crippen LogP contribution in [0.4, 0.5) is 15.9 Å². The molecule has 0 bridgehead atoms. The number of carbonyl (C=O) groups excluding carboxylic acids is 1. The van der Waals surface area contributed by atoms with Gasteiger partial charge in [-0.15, -0.1) is 10.2 Å². The zero-order valence-electron chi connectivity index (χ0n) is 8.72. The quantitative estimate of drug-likeness (QED) is 0.821. The van der Waals surface area contributed by atoms with Crippen molar-refractivity contribution in [2.24, 2.45) is 0 Å². The molecule has 86 valence electrons. The summed E-state index contributed by atoms with van der Waals surface area (Å²) in [6.07, 6.45) is 0. The van der Waals surface area contributed by atoms with Gasteiger partial charge in [0, 0.05) is 5.69 Å². The van der Waals surface area contributed by atoms with Crippen molar-refractivity contribution in [2.75, 3.05) is 11.1 Å². The first-order valence-electron chi connectivity index (χ1n) is 4.81. The van der Waals surface area contributed by atoms with Crippen LogP contribution in [-0.2, 0) is 0 Å². The predicted molar refractivity (Wildman–Crippen MR) is 60.8 cm³/mol. The van der Waals surface area contributed by atoms with Crippen LogP contribution in [0.15, 0.2) is 36.4 Å². The molecule has 0 saturated heterocycles. The molecule has 1 aromatic carbocycles. The fourth-order valence-corrected chi connectivity index (χ4v) is 1.19. The molecule has 0 fully saturated rings. The molecule has 0 aliphatic rings. The number of rotatable bonds is 2. The number of nitrogens with one attached hydrogen (secondary N) is 1. The van der Waals surface area contributed by atoms with E-state index < -0.39 is 5.91 Å². The Balaban J connectivity index is 2.11. The van der Waals surface area contributed by atoms with Crippen LogP contribution in [0.3, 0.4) is 0 Å². The number of anilines is 2. The Bertz CT molecular complexity index is 524. The van der Waals surface area contributed by atoms with Gasteiger partial charge < -0.3 is 11.1 Å². The lowest BCUT2D eigenvalue weighted by Crippen LogP contribution is -2.14. The Hall–Kier alpha value is -2.50. The number of benzene rings is 1. The second kappa shape index (κ2) is 4.56. The average Bonchev–Trinajstić information content (AvgIpc) is 2.33. The lowest BCUT2D eigenvalue weighted by molar-refractivity contribution is 0.102. The molecule has 0 atom stereocenters. The zero-order chi connectivity index (χ0) is 12.3. The Morgan fingerprint density at radius 2 is 1.82 bits per heavy atom. The smallest absolute Gasteiger partial charge is 0.276 e. The van der Waals surface area contributed by atoms with Crippen LogP contribution in [0.1, 0.15) is 10.5 Å². The number of nitrogen functional groups attached to an aromatic ring is 1. The molecular formula is C11H9FN4O. The topological polar surface area (TPSA) is 80.9 Å². The fourth-order valence-electron chi connectivity index (χ4n) is 1.19. The Morgan fingerprint density at radius 3 is 2.41 bits per heavy atom. The van der Waals surface area contributed by atoms with Crippen molar-refractivity contribution in [3.05, 3.63) is 47.9 Å². The van der Waals surface area contributed by atoms with Gasteiger partial charge in [0.2, 0.25) is 0 Å². The fraction of sp³-hybridized carbons (Fsp3) is 0. The zero-order valence-corrected chi connectivity index (χ0v) is 8.72. The number of carbonyl (C=O) groups is 1. The van der Waals surface area contributed by atoms with E-state index in [0.29, 0.717) is 5.69 Å². The molecule has 2 rings (SSSR count). The molecule has 0 aliphatic carbocycles. The van der Waals surface area contributed by atoms with Gasteiger partial charge in [0.25, 0.3) is 5.91 Å². The summed E-state index contributed by atoms with van der Waals surface area (Å²) in [4.78, 5) is 11.7. The van der Waals surface area contributed by atoms with Crippen molar-refractivity contribution < 1.29 is 9.18 Å². The summed E-state index contributed by atoms with van der Waals surface area (Å²) in [5, 5.41) is 9.75. The highest BCUT2D eigenvalue weighted by Crippen LogP contribution is 2.09. The second-order valence-electron chi connectivity index (χ2n) is 3.30. The molecule has 0 radical (unpaired) electrons. The van der Waals surface area contributed by atoms with Crippen molar-refractivity contribution in [1.82, 2.24) is 10.2 Å². The van der Waals surface area contributed by atoms with Gasteiger partial charge in [0.15, 0.2) is 5.69 Å². The van der Waals surface area contributed by atoms with Gasteiger partial charge in [-0.05, 0) is 36.4 Å². The minimum atomic E-state index is -0.427. The van der Waals surface area contributed by atoms with E-state index in [1.54, 1.807) is 0 Å². The lowest BCUT2D eigenvalue weighted by atomic mass is 10.3. The van der Waals surface area contributed by atoms with E-state index in [4.69, 9.17) is 5.73 Å². The summed E-state index contributed by atoms with van der Waals surface area (Å²) >= 11 is 0. The number of aromatic nitrogens is 2. The number of amides is 1. The van der Waals surface area contributed by atoms with E-state index in [1.807, 2.05) is 0 Å². The van der Waals surface area contributed by atoms with E-state index in [2.05, 4.69) is 15.5 Å². The van der Waals surface area contributed by atoms with Gasteiger partial charge in [-0.3, -0.25) is 4.79 Å². The van der Waals surface area contributed by atoms with E-state index in [9.17, 15) is 9.18 Å². The number of nitrogens with zero attached hydrogens (tertiary/aromatic N) is 2. The van der Waals surface area contributed by atoms with Crippen molar-refractivity contribution in [2.45, 2.75) is 0 Å². The first-order valence-corrected chi connectivity index (χ1v) is 4.81. The number of hydrogen-bond donors (Lipinski definition) is 2. The van der Waals surface area contributed by atoms with Crippen molar-refractivity contribution in [3.63, 3.8) is 0 Å². The summed E-state index contributed by atoms with van der Waals surface area (Å²) in [6.45, 7) is 0. The molecule has 0 aliphatic heterocycles. The number of halogens is 1. The lowest BCUT2D eigenvalue weighted by Gasteiger charge is -2.03. The molecule has 1 aromatic heterocycles. The van der Waals surface area contributed by atoms with Crippen LogP contribution in [0.25, 0.3) is 0 Å². The van der Waals surface area contributed by atoms with Gasteiger partial charge in [0.05, 0.1) is 0 Å².